The first-order chi connectivity index (χ1) is 13.4. The van der Waals surface area contributed by atoms with E-state index in [2.05, 4.69) is 15.9 Å². The Kier molecular flexibility index (Phi) is 5.67. The number of carbonyl (C=O) groups is 1. The largest absolute Gasteiger partial charge is 0.379 e. The van der Waals surface area contributed by atoms with Crippen molar-refractivity contribution in [1.82, 2.24) is 0 Å². The van der Waals surface area contributed by atoms with Gasteiger partial charge in [0, 0.05) is 46.7 Å². The molecule has 28 heavy (non-hydrogen) atoms. The molecule has 3 fully saturated rings. The summed E-state index contributed by atoms with van der Waals surface area (Å²) in [7, 11) is 0. The third kappa shape index (κ3) is 3.93. The maximum Gasteiger partial charge on any atom is 0.163 e. The number of hydrogen-bond donors (Lipinski definition) is 1. The topological polar surface area (TPSA) is 37.3 Å². The number of ketones is 1. The minimum absolute atomic E-state index is 0.200. The Morgan fingerprint density at radius 2 is 1.75 bits per heavy atom. The van der Waals surface area contributed by atoms with Gasteiger partial charge in [-0.3, -0.25) is 4.79 Å². The number of Topliss-reactive ketones (excluding diaryl/α,β-unsaturated/α-hetero) is 1. The third-order valence-corrected chi connectivity index (χ3v) is 7.48. The summed E-state index contributed by atoms with van der Waals surface area (Å²) in [6.45, 7) is 3.90. The second-order valence-electron chi connectivity index (χ2n) is 8.41. The summed E-state index contributed by atoms with van der Waals surface area (Å²) in [4.78, 5) is 12.5. The fraction of sp³-hybridized carbons (Fsp3) is 0.435. The molecule has 3 saturated heterocycles. The lowest BCUT2D eigenvalue weighted by molar-refractivity contribution is -0.952. The van der Waals surface area contributed by atoms with E-state index in [1.54, 1.807) is 0 Å². The van der Waals surface area contributed by atoms with Crippen LogP contribution in [0.2, 0.25) is 5.02 Å². The molecule has 2 bridgehead atoms. The molecule has 2 aromatic rings. The smallest absolute Gasteiger partial charge is 0.163 e. The quantitative estimate of drug-likeness (QED) is 0.472. The van der Waals surface area contributed by atoms with Gasteiger partial charge < -0.3 is 9.59 Å². The fourth-order valence-corrected chi connectivity index (χ4v) is 5.51. The molecule has 3 heterocycles. The lowest BCUT2D eigenvalue weighted by Gasteiger charge is -2.56. The zero-order chi connectivity index (χ0) is 19.8. The van der Waals surface area contributed by atoms with Crippen LogP contribution >= 0.6 is 27.5 Å². The first-order valence-corrected chi connectivity index (χ1v) is 11.2. The normalized spacial score (nSPS) is 29.0. The maximum absolute atomic E-state index is 12.5. The van der Waals surface area contributed by atoms with Crippen LogP contribution in [0.4, 0.5) is 0 Å². The number of hydrogen-bond acceptors (Lipinski definition) is 2. The van der Waals surface area contributed by atoms with Crippen molar-refractivity contribution in [1.29, 1.82) is 0 Å². The summed E-state index contributed by atoms with van der Waals surface area (Å²) in [5.74, 6) is 0.517. The van der Waals surface area contributed by atoms with E-state index in [1.165, 1.54) is 0 Å². The SMILES string of the molecule is O=C(CCC[N+]12CCC(CC1)[C@@](O)(c1ccc(Cl)cc1)C2)c1ccc(Br)cc1. The molecule has 0 spiro atoms. The average Bonchev–Trinajstić information content (AvgIpc) is 2.69. The number of piperidine rings is 3. The van der Waals surface area contributed by atoms with Crippen LogP contribution in [0.15, 0.2) is 53.0 Å². The van der Waals surface area contributed by atoms with Crippen LogP contribution in [0.3, 0.4) is 0 Å². The van der Waals surface area contributed by atoms with Gasteiger partial charge in [0.15, 0.2) is 5.78 Å². The molecule has 148 valence electrons. The van der Waals surface area contributed by atoms with Gasteiger partial charge in [0.05, 0.1) is 19.6 Å². The van der Waals surface area contributed by atoms with E-state index in [1.807, 2.05) is 48.5 Å². The highest BCUT2D eigenvalue weighted by atomic mass is 79.9. The molecule has 0 aromatic heterocycles. The molecular formula is C23H26BrClNO2+. The van der Waals surface area contributed by atoms with Crippen molar-refractivity contribution >= 4 is 33.3 Å². The average molecular weight is 464 g/mol. The summed E-state index contributed by atoms with van der Waals surface area (Å²) < 4.78 is 1.91. The van der Waals surface area contributed by atoms with Crippen LogP contribution in [0.1, 0.15) is 41.6 Å². The molecule has 0 radical (unpaired) electrons. The zero-order valence-electron chi connectivity index (χ0n) is 15.9. The van der Waals surface area contributed by atoms with Gasteiger partial charge in [0.25, 0.3) is 0 Å². The van der Waals surface area contributed by atoms with Crippen LogP contribution in [0, 0.1) is 5.92 Å². The van der Waals surface area contributed by atoms with Crippen LogP contribution in [-0.4, -0.2) is 41.6 Å². The van der Waals surface area contributed by atoms with Crippen LogP contribution in [0.5, 0.6) is 0 Å². The molecule has 0 aliphatic carbocycles. The van der Waals surface area contributed by atoms with Gasteiger partial charge in [0.1, 0.15) is 12.1 Å². The molecule has 3 aliphatic rings. The number of quaternary nitrogens is 1. The first kappa shape index (κ1) is 20.1. The third-order valence-electron chi connectivity index (χ3n) is 6.70. The van der Waals surface area contributed by atoms with E-state index in [-0.39, 0.29) is 5.78 Å². The second kappa shape index (κ2) is 7.91. The molecule has 0 amide bonds. The van der Waals surface area contributed by atoms with Gasteiger partial charge in [-0.05, 0) is 29.8 Å². The van der Waals surface area contributed by atoms with Gasteiger partial charge in [-0.2, -0.15) is 0 Å². The van der Waals surface area contributed by atoms with Crippen molar-refractivity contribution in [2.45, 2.75) is 31.3 Å². The maximum atomic E-state index is 12.5. The van der Waals surface area contributed by atoms with Gasteiger partial charge in [-0.1, -0.05) is 51.8 Å². The molecular weight excluding hydrogens is 438 g/mol. The minimum atomic E-state index is -0.781. The number of nitrogens with zero attached hydrogens (tertiary/aromatic N) is 1. The van der Waals surface area contributed by atoms with E-state index in [0.717, 1.165) is 65.5 Å². The van der Waals surface area contributed by atoms with E-state index < -0.39 is 5.60 Å². The van der Waals surface area contributed by atoms with Crippen LogP contribution < -0.4 is 0 Å². The summed E-state index contributed by atoms with van der Waals surface area (Å²) in [6.07, 6.45) is 3.50. The predicted octanol–water partition coefficient (Wildman–Crippen LogP) is 5.19. The summed E-state index contributed by atoms with van der Waals surface area (Å²) in [6, 6.07) is 15.3. The second-order valence-corrected chi connectivity index (χ2v) is 9.76. The number of fused-ring (bicyclic) bond motifs is 3. The van der Waals surface area contributed by atoms with E-state index >= 15 is 0 Å². The van der Waals surface area contributed by atoms with Crippen LogP contribution in [-0.2, 0) is 5.60 Å². The molecule has 1 N–H and O–H groups in total. The van der Waals surface area contributed by atoms with Crippen LogP contribution in [0.25, 0.3) is 0 Å². The first-order valence-electron chi connectivity index (χ1n) is 10.0. The van der Waals surface area contributed by atoms with Gasteiger partial charge in [-0.15, -0.1) is 0 Å². The van der Waals surface area contributed by atoms with E-state index in [0.29, 0.717) is 17.4 Å². The van der Waals surface area contributed by atoms with Gasteiger partial charge in [0.2, 0.25) is 0 Å². The van der Waals surface area contributed by atoms with Crippen molar-refractivity contribution in [3.63, 3.8) is 0 Å². The van der Waals surface area contributed by atoms with Crippen molar-refractivity contribution in [3.05, 3.63) is 69.2 Å². The summed E-state index contributed by atoms with van der Waals surface area (Å²) in [5.41, 5.74) is 0.976. The molecule has 0 unspecified atom stereocenters. The summed E-state index contributed by atoms with van der Waals surface area (Å²) >= 11 is 9.45. The minimum Gasteiger partial charge on any atom is -0.379 e. The molecule has 1 atom stereocenters. The van der Waals surface area contributed by atoms with Crippen molar-refractivity contribution in [3.8, 4) is 0 Å². The molecule has 5 rings (SSSR count). The highest BCUT2D eigenvalue weighted by molar-refractivity contribution is 9.10. The lowest BCUT2D eigenvalue weighted by Crippen LogP contribution is -2.67. The Balaban J connectivity index is 1.42. The number of halogens is 2. The molecule has 2 aromatic carbocycles. The molecule has 3 aliphatic heterocycles. The standard InChI is InChI=1S/C23H26BrClNO2/c24-20-7-3-17(4-8-20)22(27)2-1-13-26-14-11-19(12-15-26)23(28,16-26)18-5-9-21(25)10-6-18/h3-10,19,28H,1-2,11-16H2/q+1/t19?,23-,26?/m0/s1. The Morgan fingerprint density at radius 3 is 2.39 bits per heavy atom. The molecule has 5 heteroatoms. The number of rotatable bonds is 6. The van der Waals surface area contributed by atoms with E-state index in [9.17, 15) is 9.90 Å². The highest BCUT2D eigenvalue weighted by Gasteiger charge is 2.54. The van der Waals surface area contributed by atoms with Crippen molar-refractivity contribution in [2.75, 3.05) is 26.2 Å². The van der Waals surface area contributed by atoms with Crippen molar-refractivity contribution < 1.29 is 14.4 Å². The fourth-order valence-electron chi connectivity index (χ4n) is 5.11. The number of carbonyl (C=O) groups excluding carboxylic acids is 1. The van der Waals surface area contributed by atoms with E-state index in [4.69, 9.17) is 11.6 Å². The zero-order valence-corrected chi connectivity index (χ0v) is 18.3. The molecule has 0 saturated carbocycles. The Hall–Kier alpha value is -1.20. The predicted molar refractivity (Wildman–Crippen MR) is 116 cm³/mol. The highest BCUT2D eigenvalue weighted by Crippen LogP contribution is 2.46. The Morgan fingerprint density at radius 1 is 1.11 bits per heavy atom. The lowest BCUT2D eigenvalue weighted by atomic mass is 9.70. The molecule has 3 nitrogen and oxygen atoms in total. The summed E-state index contributed by atoms with van der Waals surface area (Å²) in [5, 5.41) is 12.3. The van der Waals surface area contributed by atoms with Gasteiger partial charge in [-0.25, -0.2) is 0 Å². The Bertz CT molecular complexity index is 844. The van der Waals surface area contributed by atoms with Gasteiger partial charge >= 0.3 is 0 Å². The monoisotopic (exact) mass is 462 g/mol. The Labute approximate surface area is 180 Å². The number of aliphatic hydroxyl groups is 1. The number of benzene rings is 2. The van der Waals surface area contributed by atoms with Crippen molar-refractivity contribution in [2.24, 2.45) is 5.92 Å².